The number of piperidine rings is 1. The number of aryl methyl sites for hydroxylation is 1. The van der Waals surface area contributed by atoms with Crippen molar-refractivity contribution in [2.75, 3.05) is 20.2 Å². The first kappa shape index (κ1) is 17.5. The Morgan fingerprint density at radius 3 is 2.88 bits per heavy atom. The van der Waals surface area contributed by atoms with Gasteiger partial charge >= 0.3 is 5.97 Å². The van der Waals surface area contributed by atoms with Crippen LogP contribution in [-0.4, -0.2) is 49.1 Å². The topological polar surface area (TPSA) is 89.5 Å². The molecule has 0 spiro atoms. The van der Waals surface area contributed by atoms with Crippen LogP contribution in [0, 0.1) is 6.92 Å². The predicted molar refractivity (Wildman–Crippen MR) is 91.0 cm³/mol. The summed E-state index contributed by atoms with van der Waals surface area (Å²) in [4.78, 5) is 11.9. The van der Waals surface area contributed by atoms with Crippen molar-refractivity contribution in [3.63, 3.8) is 0 Å². The molecule has 3 heterocycles. The first-order valence-electron chi connectivity index (χ1n) is 7.39. The lowest BCUT2D eigenvalue weighted by Gasteiger charge is -2.30. The third kappa shape index (κ3) is 3.23. The molecule has 10 heteroatoms. The van der Waals surface area contributed by atoms with Gasteiger partial charge in [0.05, 0.1) is 7.11 Å². The van der Waals surface area contributed by atoms with Gasteiger partial charge < -0.3 is 4.74 Å². The molecule has 0 saturated carbocycles. The molecule has 130 valence electrons. The molecule has 0 aliphatic carbocycles. The fraction of sp³-hybridized carbons (Fsp3) is 0.500. The van der Waals surface area contributed by atoms with E-state index in [1.807, 2.05) is 6.92 Å². The monoisotopic (exact) mass is 387 g/mol. The van der Waals surface area contributed by atoms with E-state index in [0.29, 0.717) is 13.1 Å². The highest BCUT2D eigenvalue weighted by Crippen LogP contribution is 2.33. The number of carbonyl (C=O) groups excluding carboxylic acids is 1. The summed E-state index contributed by atoms with van der Waals surface area (Å²) < 4.78 is 32.0. The van der Waals surface area contributed by atoms with Crippen molar-refractivity contribution in [2.45, 2.75) is 30.6 Å². The van der Waals surface area contributed by atoms with E-state index in [-0.39, 0.29) is 15.7 Å². The Morgan fingerprint density at radius 2 is 2.21 bits per heavy atom. The summed E-state index contributed by atoms with van der Waals surface area (Å²) in [6, 6.07) is 1.46. The number of hydrogen-bond acceptors (Lipinski definition) is 8. The Morgan fingerprint density at radius 1 is 1.42 bits per heavy atom. The van der Waals surface area contributed by atoms with Crippen LogP contribution in [-0.2, 0) is 14.8 Å². The third-order valence-corrected chi connectivity index (χ3v) is 7.83. The van der Waals surface area contributed by atoms with Gasteiger partial charge in [0.1, 0.15) is 19.8 Å². The minimum atomic E-state index is -3.74. The van der Waals surface area contributed by atoms with Crippen LogP contribution in [0.3, 0.4) is 0 Å². The molecule has 24 heavy (non-hydrogen) atoms. The van der Waals surface area contributed by atoms with E-state index >= 15 is 0 Å². The molecule has 7 nitrogen and oxygen atoms in total. The van der Waals surface area contributed by atoms with E-state index in [1.165, 1.54) is 28.8 Å². The van der Waals surface area contributed by atoms with Gasteiger partial charge in [0.15, 0.2) is 0 Å². The van der Waals surface area contributed by atoms with Crippen LogP contribution in [0.15, 0.2) is 16.3 Å². The third-order valence-electron chi connectivity index (χ3n) is 3.89. The molecule has 3 rings (SSSR count). The van der Waals surface area contributed by atoms with Crippen molar-refractivity contribution in [3.8, 4) is 0 Å². The number of rotatable bonds is 4. The van der Waals surface area contributed by atoms with Gasteiger partial charge in [0, 0.05) is 19.0 Å². The van der Waals surface area contributed by atoms with E-state index in [1.54, 1.807) is 5.38 Å². The normalized spacial score (nSPS) is 19.3. The minimum absolute atomic E-state index is 0.0217. The highest BCUT2D eigenvalue weighted by Gasteiger charge is 2.35. The zero-order valence-corrected chi connectivity index (χ0v) is 15.7. The first-order valence-corrected chi connectivity index (χ1v) is 10.5. The summed E-state index contributed by atoms with van der Waals surface area (Å²) in [5.41, 5.74) is 0. The second-order valence-electron chi connectivity index (χ2n) is 5.47. The van der Waals surface area contributed by atoms with Crippen LogP contribution in [0.4, 0.5) is 0 Å². The van der Waals surface area contributed by atoms with Gasteiger partial charge in [0.2, 0.25) is 10.0 Å². The van der Waals surface area contributed by atoms with Crippen molar-refractivity contribution < 1.29 is 17.9 Å². The van der Waals surface area contributed by atoms with Crippen LogP contribution in [0.5, 0.6) is 0 Å². The Bertz CT molecular complexity index is 843. The number of esters is 1. The number of nitrogens with zero attached hydrogens (tertiary/aromatic N) is 3. The Hall–Kier alpha value is -1.36. The molecular weight excluding hydrogens is 370 g/mol. The largest absolute Gasteiger partial charge is 0.465 e. The molecule has 2 aromatic rings. The van der Waals surface area contributed by atoms with Crippen molar-refractivity contribution in [2.24, 2.45) is 0 Å². The lowest BCUT2D eigenvalue weighted by Crippen LogP contribution is -2.39. The molecule has 0 unspecified atom stereocenters. The number of carbonyl (C=O) groups is 1. The van der Waals surface area contributed by atoms with Crippen LogP contribution in [0.25, 0.3) is 0 Å². The zero-order valence-electron chi connectivity index (χ0n) is 13.3. The number of thiophene rings is 1. The first-order chi connectivity index (χ1) is 11.4. The molecule has 2 aromatic heterocycles. The highest BCUT2D eigenvalue weighted by atomic mass is 32.2. The van der Waals surface area contributed by atoms with Crippen LogP contribution in [0.2, 0.25) is 0 Å². The average molecular weight is 388 g/mol. The van der Waals surface area contributed by atoms with E-state index in [2.05, 4.69) is 14.9 Å². The number of sulfonamides is 1. The van der Waals surface area contributed by atoms with E-state index in [0.717, 1.165) is 34.2 Å². The Balaban J connectivity index is 1.87. The molecule has 0 aromatic carbocycles. The molecular formula is C14H17N3O4S3. The minimum Gasteiger partial charge on any atom is -0.465 e. The summed E-state index contributed by atoms with van der Waals surface area (Å²) >= 11 is 2.57. The number of ether oxygens (including phenoxy) is 1. The zero-order chi connectivity index (χ0) is 17.3. The fourth-order valence-electron chi connectivity index (χ4n) is 2.72. The summed E-state index contributed by atoms with van der Waals surface area (Å²) in [7, 11) is -2.50. The molecule has 0 bridgehead atoms. The summed E-state index contributed by atoms with van der Waals surface area (Å²) in [6.45, 7) is 2.67. The second kappa shape index (κ2) is 6.87. The van der Waals surface area contributed by atoms with Crippen molar-refractivity contribution in [1.29, 1.82) is 0 Å². The number of methoxy groups -OCH3 is 1. The molecule has 0 N–H and O–H groups in total. The number of aromatic nitrogens is 2. The molecule has 1 aliphatic heterocycles. The average Bonchev–Trinajstić information content (AvgIpc) is 3.23. The van der Waals surface area contributed by atoms with E-state index in [9.17, 15) is 13.2 Å². The molecule has 0 radical (unpaired) electrons. The Labute approximate surface area is 148 Å². The summed E-state index contributed by atoms with van der Waals surface area (Å²) in [5, 5.41) is 11.5. The number of hydrogen-bond donors (Lipinski definition) is 0. The smallest absolute Gasteiger partial charge is 0.349 e. The molecule has 1 atom stereocenters. The standard InChI is InChI=1S/C14H17N3O4S3/c1-9-15-16-13(23-9)10-4-3-6-17(8-10)24(19,20)11-5-7-22-12(11)14(18)21-2/h5,7,10H,3-4,6,8H2,1-2H3/t10-/m0/s1. The Kier molecular flexibility index (Phi) is 5.00. The van der Waals surface area contributed by atoms with Crippen LogP contribution < -0.4 is 0 Å². The van der Waals surface area contributed by atoms with Crippen LogP contribution in [0.1, 0.15) is 38.4 Å². The fourth-order valence-corrected chi connectivity index (χ4v) is 6.38. The van der Waals surface area contributed by atoms with E-state index in [4.69, 9.17) is 0 Å². The van der Waals surface area contributed by atoms with Gasteiger partial charge in [-0.25, -0.2) is 13.2 Å². The molecule has 1 saturated heterocycles. The van der Waals surface area contributed by atoms with Crippen molar-refractivity contribution in [1.82, 2.24) is 14.5 Å². The lowest BCUT2D eigenvalue weighted by atomic mass is 10.0. The van der Waals surface area contributed by atoms with Gasteiger partial charge in [-0.15, -0.1) is 32.9 Å². The maximum Gasteiger partial charge on any atom is 0.349 e. The SMILES string of the molecule is COC(=O)c1sccc1S(=O)(=O)N1CCC[C@H](c2nnc(C)s2)C1. The maximum atomic E-state index is 13.0. The van der Waals surface area contributed by atoms with Gasteiger partial charge in [-0.05, 0) is 31.2 Å². The predicted octanol–water partition coefficient (Wildman–Crippen LogP) is 2.26. The van der Waals surface area contributed by atoms with Gasteiger partial charge in [-0.3, -0.25) is 0 Å². The maximum absolute atomic E-state index is 13.0. The van der Waals surface area contributed by atoms with Gasteiger partial charge in [-0.2, -0.15) is 4.31 Å². The van der Waals surface area contributed by atoms with Crippen molar-refractivity contribution >= 4 is 38.7 Å². The molecule has 1 fully saturated rings. The van der Waals surface area contributed by atoms with Crippen LogP contribution >= 0.6 is 22.7 Å². The molecule has 1 aliphatic rings. The second-order valence-corrected chi connectivity index (χ2v) is 9.50. The highest BCUT2D eigenvalue weighted by molar-refractivity contribution is 7.89. The van der Waals surface area contributed by atoms with Gasteiger partial charge in [-0.1, -0.05) is 0 Å². The van der Waals surface area contributed by atoms with Gasteiger partial charge in [0.25, 0.3) is 0 Å². The summed E-state index contributed by atoms with van der Waals surface area (Å²) in [6.07, 6.45) is 1.63. The molecule has 0 amide bonds. The summed E-state index contributed by atoms with van der Waals surface area (Å²) in [5.74, 6) is -0.586. The van der Waals surface area contributed by atoms with E-state index < -0.39 is 16.0 Å². The lowest BCUT2D eigenvalue weighted by molar-refractivity contribution is 0.0602. The quantitative estimate of drug-likeness (QED) is 0.748. The van der Waals surface area contributed by atoms with Crippen molar-refractivity contribution in [3.05, 3.63) is 26.3 Å².